The summed E-state index contributed by atoms with van der Waals surface area (Å²) in [5.41, 5.74) is 1.47. The lowest BCUT2D eigenvalue weighted by Gasteiger charge is -2.09. The van der Waals surface area contributed by atoms with Crippen LogP contribution in [-0.4, -0.2) is 9.97 Å². The zero-order valence-corrected chi connectivity index (χ0v) is 9.78. The summed E-state index contributed by atoms with van der Waals surface area (Å²) in [5, 5.41) is 2.17. The van der Waals surface area contributed by atoms with Gasteiger partial charge in [-0.1, -0.05) is 25.4 Å². The van der Waals surface area contributed by atoms with E-state index in [1.807, 2.05) is 0 Å². The zero-order valence-electron chi connectivity index (χ0n) is 9.03. The van der Waals surface area contributed by atoms with E-state index in [1.165, 1.54) is 0 Å². The fourth-order valence-electron chi connectivity index (χ4n) is 1.66. The second-order valence-corrected chi connectivity index (χ2v) is 4.24. The Kier molecular flexibility index (Phi) is 2.76. The molecule has 0 aliphatic heterocycles. The maximum atomic E-state index is 7.08. The van der Waals surface area contributed by atoms with E-state index in [2.05, 4.69) is 28.7 Å². The van der Waals surface area contributed by atoms with Gasteiger partial charge in [-0.2, -0.15) is 0 Å². The van der Waals surface area contributed by atoms with Crippen molar-refractivity contribution in [1.82, 2.24) is 9.97 Å². The van der Waals surface area contributed by atoms with E-state index in [0.717, 1.165) is 16.5 Å². The van der Waals surface area contributed by atoms with Crippen LogP contribution in [0.25, 0.3) is 15.6 Å². The van der Waals surface area contributed by atoms with Gasteiger partial charge in [-0.25, -0.2) is 9.83 Å². The first-order chi connectivity index (χ1) is 7.63. The third-order valence-corrected chi connectivity index (χ3v) is 2.62. The van der Waals surface area contributed by atoms with Gasteiger partial charge in [0.1, 0.15) is 5.15 Å². The Morgan fingerprint density at radius 1 is 1.25 bits per heavy atom. The van der Waals surface area contributed by atoms with Gasteiger partial charge in [-0.05, 0) is 17.4 Å². The highest BCUT2D eigenvalue weighted by atomic mass is 35.5. The number of halogens is 1. The van der Waals surface area contributed by atoms with Crippen LogP contribution in [0, 0.1) is 6.57 Å². The highest BCUT2D eigenvalue weighted by Gasteiger charge is 2.11. The SMILES string of the molecule is [C-]#[N+]c1cnc(C(C)C)c2cc(Cl)ncc12. The summed E-state index contributed by atoms with van der Waals surface area (Å²) in [5.74, 6) is 0.292. The van der Waals surface area contributed by atoms with Crippen LogP contribution in [0.15, 0.2) is 18.5 Å². The number of hydrogen-bond donors (Lipinski definition) is 0. The predicted molar refractivity (Wildman–Crippen MR) is 64.9 cm³/mol. The molecule has 0 spiro atoms. The van der Waals surface area contributed by atoms with E-state index >= 15 is 0 Å². The van der Waals surface area contributed by atoms with Crippen molar-refractivity contribution in [3.63, 3.8) is 0 Å². The first-order valence-corrected chi connectivity index (χ1v) is 5.33. The largest absolute Gasteiger partial charge is 0.272 e. The molecule has 0 N–H and O–H groups in total. The molecule has 4 heteroatoms. The second kappa shape index (κ2) is 4.07. The first kappa shape index (κ1) is 10.8. The summed E-state index contributed by atoms with van der Waals surface area (Å²) in [6, 6.07) is 1.77. The molecule has 3 nitrogen and oxygen atoms in total. The zero-order chi connectivity index (χ0) is 11.7. The second-order valence-electron chi connectivity index (χ2n) is 3.85. The quantitative estimate of drug-likeness (QED) is 0.549. The molecule has 0 aromatic carbocycles. The number of pyridine rings is 2. The molecule has 0 radical (unpaired) electrons. The lowest BCUT2D eigenvalue weighted by atomic mass is 10.0. The smallest absolute Gasteiger partial charge is 0.214 e. The molecule has 0 saturated carbocycles. The highest BCUT2D eigenvalue weighted by Crippen LogP contribution is 2.31. The summed E-state index contributed by atoms with van der Waals surface area (Å²) in [7, 11) is 0. The molecular weight excluding hydrogens is 222 g/mol. The van der Waals surface area contributed by atoms with Crippen molar-refractivity contribution in [3.05, 3.63) is 40.7 Å². The average Bonchev–Trinajstić information content (AvgIpc) is 2.26. The van der Waals surface area contributed by atoms with Crippen molar-refractivity contribution in [2.75, 3.05) is 0 Å². The predicted octanol–water partition coefficient (Wildman–Crippen LogP) is 3.96. The third-order valence-electron chi connectivity index (χ3n) is 2.42. The molecule has 2 rings (SSSR count). The van der Waals surface area contributed by atoms with E-state index in [1.54, 1.807) is 18.5 Å². The van der Waals surface area contributed by atoms with Gasteiger partial charge in [0, 0.05) is 23.5 Å². The Labute approximate surface area is 98.9 Å². The van der Waals surface area contributed by atoms with E-state index < -0.39 is 0 Å². The van der Waals surface area contributed by atoms with Crippen molar-refractivity contribution < 1.29 is 0 Å². The number of rotatable bonds is 1. The van der Waals surface area contributed by atoms with Crippen LogP contribution < -0.4 is 0 Å². The summed E-state index contributed by atoms with van der Waals surface area (Å²) < 4.78 is 0. The van der Waals surface area contributed by atoms with Gasteiger partial charge in [-0.15, -0.1) is 0 Å². The Hall–Kier alpha value is -1.66. The standard InChI is InChI=1S/C12H10ClN3/c1-7(2)12-8-4-11(13)15-5-9(8)10(14-3)6-16-12/h4-7H,1-2H3. The summed E-state index contributed by atoms with van der Waals surface area (Å²) in [6.45, 7) is 11.2. The number of fused-ring (bicyclic) bond motifs is 1. The molecule has 0 aliphatic rings. The normalized spacial score (nSPS) is 10.7. The minimum absolute atomic E-state index is 0.292. The number of nitrogens with zero attached hydrogens (tertiary/aromatic N) is 3. The van der Waals surface area contributed by atoms with Crippen molar-refractivity contribution in [1.29, 1.82) is 0 Å². The molecule has 2 aromatic heterocycles. The van der Waals surface area contributed by atoms with Crippen LogP contribution in [0.3, 0.4) is 0 Å². The summed E-state index contributed by atoms with van der Waals surface area (Å²) >= 11 is 5.87. The highest BCUT2D eigenvalue weighted by molar-refractivity contribution is 6.30. The Bertz CT molecular complexity index is 585. The fraction of sp³-hybridized carbons (Fsp3) is 0.250. The summed E-state index contributed by atoms with van der Waals surface area (Å²) in [6.07, 6.45) is 3.23. The van der Waals surface area contributed by atoms with Crippen LogP contribution in [0.4, 0.5) is 5.69 Å². The van der Waals surface area contributed by atoms with E-state index in [-0.39, 0.29) is 0 Å². The van der Waals surface area contributed by atoms with Crippen LogP contribution in [0.2, 0.25) is 5.15 Å². The van der Waals surface area contributed by atoms with Gasteiger partial charge in [0.05, 0.1) is 6.57 Å². The van der Waals surface area contributed by atoms with Gasteiger partial charge in [-0.3, -0.25) is 4.98 Å². The number of hydrogen-bond acceptors (Lipinski definition) is 2. The molecule has 0 amide bonds. The van der Waals surface area contributed by atoms with Crippen LogP contribution >= 0.6 is 11.6 Å². The van der Waals surface area contributed by atoms with E-state index in [4.69, 9.17) is 18.2 Å². The molecule has 0 saturated heterocycles. The van der Waals surface area contributed by atoms with Gasteiger partial charge in [0.15, 0.2) is 0 Å². The molecule has 0 fully saturated rings. The van der Waals surface area contributed by atoms with Gasteiger partial charge in [0.2, 0.25) is 5.69 Å². The molecule has 0 unspecified atom stereocenters. The minimum atomic E-state index is 0.292. The molecule has 0 aliphatic carbocycles. The lowest BCUT2D eigenvalue weighted by molar-refractivity contribution is 0.835. The van der Waals surface area contributed by atoms with Crippen LogP contribution in [-0.2, 0) is 0 Å². The summed E-state index contributed by atoms with van der Waals surface area (Å²) in [4.78, 5) is 11.8. The maximum Gasteiger partial charge on any atom is 0.214 e. The van der Waals surface area contributed by atoms with Gasteiger partial charge >= 0.3 is 0 Å². The molecule has 2 aromatic rings. The van der Waals surface area contributed by atoms with Crippen molar-refractivity contribution in [2.45, 2.75) is 19.8 Å². The lowest BCUT2D eigenvalue weighted by Crippen LogP contribution is -1.94. The molecule has 80 valence electrons. The first-order valence-electron chi connectivity index (χ1n) is 4.95. The molecular formula is C12H10ClN3. The van der Waals surface area contributed by atoms with Crippen molar-refractivity contribution in [2.24, 2.45) is 0 Å². The number of aromatic nitrogens is 2. The topological polar surface area (TPSA) is 30.1 Å². The molecule has 0 bridgehead atoms. The van der Waals surface area contributed by atoms with E-state index in [0.29, 0.717) is 16.8 Å². The third kappa shape index (κ3) is 1.72. The average molecular weight is 232 g/mol. The monoisotopic (exact) mass is 231 g/mol. The molecule has 16 heavy (non-hydrogen) atoms. The van der Waals surface area contributed by atoms with Crippen molar-refractivity contribution in [3.8, 4) is 0 Å². The van der Waals surface area contributed by atoms with Crippen LogP contribution in [0.5, 0.6) is 0 Å². The van der Waals surface area contributed by atoms with Crippen LogP contribution in [0.1, 0.15) is 25.5 Å². The van der Waals surface area contributed by atoms with Gasteiger partial charge < -0.3 is 0 Å². The Morgan fingerprint density at radius 3 is 2.62 bits per heavy atom. The molecule has 2 heterocycles. The maximum absolute atomic E-state index is 7.08. The van der Waals surface area contributed by atoms with Gasteiger partial charge in [0.25, 0.3) is 0 Å². The minimum Gasteiger partial charge on any atom is -0.272 e. The Balaban J connectivity index is 2.87. The van der Waals surface area contributed by atoms with Crippen molar-refractivity contribution >= 4 is 28.1 Å². The fourth-order valence-corrected chi connectivity index (χ4v) is 1.82. The Morgan fingerprint density at radius 2 is 2.00 bits per heavy atom. The van der Waals surface area contributed by atoms with E-state index in [9.17, 15) is 0 Å². The molecule has 0 atom stereocenters.